The second kappa shape index (κ2) is 4.65. The summed E-state index contributed by atoms with van der Waals surface area (Å²) in [4.78, 5) is 4.44. The number of nitrogens with zero attached hydrogens (tertiary/aromatic N) is 1. The maximum absolute atomic E-state index is 5.87. The molecule has 0 spiro atoms. The third-order valence-corrected chi connectivity index (χ3v) is 3.19. The van der Waals surface area contributed by atoms with E-state index in [1.54, 1.807) is 0 Å². The van der Waals surface area contributed by atoms with Crippen molar-refractivity contribution in [1.82, 2.24) is 0 Å². The number of aliphatic imine (C=N–C) groups is 1. The first-order chi connectivity index (χ1) is 8.84. The molecule has 1 aliphatic heterocycles. The Morgan fingerprint density at radius 2 is 1.89 bits per heavy atom. The maximum atomic E-state index is 5.87. The summed E-state index contributed by atoms with van der Waals surface area (Å²) in [6, 6.07) is 16.3. The molecule has 3 rings (SSSR count). The predicted molar refractivity (Wildman–Crippen MR) is 73.8 cm³/mol. The standard InChI is InChI=1S/C16H15NO/c1-12-10-17-16-14(12)8-5-9-15(16)18-11-13-6-3-2-4-7-13/h2-10,12H,11H2,1H3. The summed E-state index contributed by atoms with van der Waals surface area (Å²) in [6.07, 6.45) is 1.97. The van der Waals surface area contributed by atoms with E-state index in [4.69, 9.17) is 4.74 Å². The number of rotatable bonds is 3. The molecule has 2 nitrogen and oxygen atoms in total. The Bertz CT molecular complexity index is 575. The number of para-hydroxylation sites is 1. The Morgan fingerprint density at radius 1 is 1.06 bits per heavy atom. The first-order valence-electron chi connectivity index (χ1n) is 6.18. The van der Waals surface area contributed by atoms with Crippen LogP contribution in [0, 0.1) is 0 Å². The van der Waals surface area contributed by atoms with Crippen LogP contribution in [-0.2, 0) is 6.61 Å². The van der Waals surface area contributed by atoms with Crippen LogP contribution >= 0.6 is 0 Å². The van der Waals surface area contributed by atoms with Gasteiger partial charge < -0.3 is 4.74 Å². The van der Waals surface area contributed by atoms with Crippen molar-refractivity contribution in [2.45, 2.75) is 19.4 Å². The number of benzene rings is 2. The zero-order valence-corrected chi connectivity index (χ0v) is 10.3. The molecule has 0 N–H and O–H groups in total. The molecule has 2 heteroatoms. The molecule has 18 heavy (non-hydrogen) atoms. The molecule has 0 amide bonds. The van der Waals surface area contributed by atoms with E-state index in [0.29, 0.717) is 12.5 Å². The van der Waals surface area contributed by atoms with Crippen LogP contribution in [0.3, 0.4) is 0 Å². The highest BCUT2D eigenvalue weighted by Crippen LogP contribution is 2.39. The van der Waals surface area contributed by atoms with Gasteiger partial charge in [-0.1, -0.05) is 49.4 Å². The highest BCUT2D eigenvalue weighted by atomic mass is 16.5. The normalized spacial score (nSPS) is 16.6. The number of hydrogen-bond donors (Lipinski definition) is 0. The zero-order valence-electron chi connectivity index (χ0n) is 10.3. The lowest BCUT2D eigenvalue weighted by Crippen LogP contribution is -1.96. The molecule has 0 saturated carbocycles. The summed E-state index contributed by atoms with van der Waals surface area (Å²) in [6.45, 7) is 2.73. The van der Waals surface area contributed by atoms with Crippen LogP contribution < -0.4 is 4.74 Å². The van der Waals surface area contributed by atoms with Crippen LogP contribution in [0.5, 0.6) is 5.75 Å². The van der Waals surface area contributed by atoms with Crippen molar-refractivity contribution in [2.75, 3.05) is 0 Å². The van der Waals surface area contributed by atoms with Crippen molar-refractivity contribution >= 4 is 11.9 Å². The molecule has 2 aromatic carbocycles. The molecule has 0 bridgehead atoms. The lowest BCUT2D eigenvalue weighted by molar-refractivity contribution is 0.307. The summed E-state index contributed by atoms with van der Waals surface area (Å²) >= 11 is 0. The maximum Gasteiger partial charge on any atom is 0.145 e. The van der Waals surface area contributed by atoms with Gasteiger partial charge in [0.1, 0.15) is 18.0 Å². The van der Waals surface area contributed by atoms with Crippen molar-refractivity contribution in [3.63, 3.8) is 0 Å². The average molecular weight is 237 g/mol. The van der Waals surface area contributed by atoms with Crippen molar-refractivity contribution in [3.8, 4) is 5.75 Å². The van der Waals surface area contributed by atoms with Crippen molar-refractivity contribution in [3.05, 3.63) is 59.7 Å². The van der Waals surface area contributed by atoms with Gasteiger partial charge in [-0.05, 0) is 17.2 Å². The molecule has 1 aliphatic rings. The minimum Gasteiger partial charge on any atom is -0.487 e. The smallest absolute Gasteiger partial charge is 0.145 e. The molecule has 1 atom stereocenters. The van der Waals surface area contributed by atoms with E-state index in [1.807, 2.05) is 36.5 Å². The first kappa shape index (κ1) is 11.0. The van der Waals surface area contributed by atoms with E-state index in [-0.39, 0.29) is 0 Å². The average Bonchev–Trinajstić information content (AvgIpc) is 2.80. The van der Waals surface area contributed by atoms with Gasteiger partial charge in [-0.15, -0.1) is 0 Å². The Labute approximate surface area is 107 Å². The van der Waals surface area contributed by atoms with Crippen molar-refractivity contribution < 1.29 is 4.74 Å². The van der Waals surface area contributed by atoms with Crippen LogP contribution in [0.25, 0.3) is 0 Å². The number of fused-ring (bicyclic) bond motifs is 1. The van der Waals surface area contributed by atoms with Crippen LogP contribution in [0.2, 0.25) is 0 Å². The van der Waals surface area contributed by atoms with E-state index < -0.39 is 0 Å². The summed E-state index contributed by atoms with van der Waals surface area (Å²) in [7, 11) is 0. The monoisotopic (exact) mass is 237 g/mol. The molecule has 90 valence electrons. The molecular formula is C16H15NO. The van der Waals surface area contributed by atoms with E-state index in [9.17, 15) is 0 Å². The van der Waals surface area contributed by atoms with Gasteiger partial charge in [-0.3, -0.25) is 4.99 Å². The molecular weight excluding hydrogens is 222 g/mol. The Kier molecular flexibility index (Phi) is 2.85. The van der Waals surface area contributed by atoms with E-state index in [0.717, 1.165) is 11.4 Å². The topological polar surface area (TPSA) is 21.6 Å². The van der Waals surface area contributed by atoms with Crippen molar-refractivity contribution in [1.29, 1.82) is 0 Å². The van der Waals surface area contributed by atoms with Gasteiger partial charge in [0.2, 0.25) is 0 Å². The fraction of sp³-hybridized carbons (Fsp3) is 0.188. The predicted octanol–water partition coefficient (Wildman–Crippen LogP) is 4.09. The zero-order chi connectivity index (χ0) is 12.4. The quantitative estimate of drug-likeness (QED) is 0.788. The molecule has 0 aliphatic carbocycles. The van der Waals surface area contributed by atoms with Gasteiger partial charge in [0.05, 0.1) is 0 Å². The summed E-state index contributed by atoms with van der Waals surface area (Å²) < 4.78 is 5.87. The van der Waals surface area contributed by atoms with Gasteiger partial charge in [-0.25, -0.2) is 0 Å². The molecule has 0 radical (unpaired) electrons. The van der Waals surface area contributed by atoms with E-state index in [2.05, 4.69) is 30.1 Å². The molecule has 0 aromatic heterocycles. The van der Waals surface area contributed by atoms with Crippen molar-refractivity contribution in [2.24, 2.45) is 4.99 Å². The summed E-state index contributed by atoms with van der Waals surface area (Å²) in [5.74, 6) is 1.26. The Hall–Kier alpha value is -2.09. The Balaban J connectivity index is 1.80. The minimum atomic E-state index is 0.389. The second-order valence-electron chi connectivity index (χ2n) is 4.54. The lowest BCUT2D eigenvalue weighted by atomic mass is 10.0. The van der Waals surface area contributed by atoms with Gasteiger partial charge in [0.15, 0.2) is 0 Å². The molecule has 0 fully saturated rings. The third-order valence-electron chi connectivity index (χ3n) is 3.19. The largest absolute Gasteiger partial charge is 0.487 e. The van der Waals surface area contributed by atoms with Crippen LogP contribution in [0.15, 0.2) is 53.5 Å². The Morgan fingerprint density at radius 3 is 2.72 bits per heavy atom. The second-order valence-corrected chi connectivity index (χ2v) is 4.54. The third kappa shape index (κ3) is 2.02. The highest BCUT2D eigenvalue weighted by molar-refractivity contribution is 5.82. The summed E-state index contributed by atoms with van der Waals surface area (Å²) in [5.41, 5.74) is 3.41. The molecule has 0 saturated heterocycles. The van der Waals surface area contributed by atoms with E-state index in [1.165, 1.54) is 11.1 Å². The lowest BCUT2D eigenvalue weighted by Gasteiger charge is -2.10. The fourth-order valence-electron chi connectivity index (χ4n) is 2.16. The molecule has 2 aromatic rings. The fourth-order valence-corrected chi connectivity index (χ4v) is 2.16. The van der Waals surface area contributed by atoms with Gasteiger partial charge in [0, 0.05) is 12.1 Å². The summed E-state index contributed by atoms with van der Waals surface area (Å²) in [5, 5.41) is 0. The number of hydrogen-bond acceptors (Lipinski definition) is 2. The highest BCUT2D eigenvalue weighted by Gasteiger charge is 2.17. The SMILES string of the molecule is CC1C=Nc2c(OCc3ccccc3)cccc21. The van der Waals surface area contributed by atoms with Crippen LogP contribution in [0.4, 0.5) is 5.69 Å². The van der Waals surface area contributed by atoms with Gasteiger partial charge >= 0.3 is 0 Å². The minimum absolute atomic E-state index is 0.389. The molecule has 1 heterocycles. The first-order valence-corrected chi connectivity index (χ1v) is 6.18. The number of ether oxygens (including phenoxy) is 1. The van der Waals surface area contributed by atoms with Crippen LogP contribution in [0.1, 0.15) is 24.0 Å². The van der Waals surface area contributed by atoms with Gasteiger partial charge in [0.25, 0.3) is 0 Å². The van der Waals surface area contributed by atoms with Crippen LogP contribution in [-0.4, -0.2) is 6.21 Å². The van der Waals surface area contributed by atoms with Gasteiger partial charge in [-0.2, -0.15) is 0 Å². The molecule has 1 unspecified atom stereocenters. The van der Waals surface area contributed by atoms with E-state index >= 15 is 0 Å².